The zero-order valence-electron chi connectivity index (χ0n) is 9.91. The van der Waals surface area contributed by atoms with Crippen LogP contribution in [0.3, 0.4) is 0 Å². The lowest BCUT2D eigenvalue weighted by molar-refractivity contribution is -0.122. The standard InChI is InChI=1S/C11H14N4O3/c1-8(7-16)12-10(17)6-15-11(18)14-5-3-2-4-9(14)13-15/h2-5,8,16H,6-7H2,1H3,(H,12,17). The molecule has 2 aromatic rings. The van der Waals surface area contributed by atoms with Crippen LogP contribution in [-0.4, -0.2) is 37.8 Å². The average molecular weight is 250 g/mol. The lowest BCUT2D eigenvalue weighted by atomic mass is 10.3. The average Bonchev–Trinajstić information content (AvgIpc) is 2.66. The number of hydrogen-bond acceptors (Lipinski definition) is 4. The number of nitrogens with one attached hydrogen (secondary N) is 1. The Morgan fingerprint density at radius 2 is 2.33 bits per heavy atom. The van der Waals surface area contributed by atoms with Crippen LogP contribution in [0.15, 0.2) is 29.2 Å². The smallest absolute Gasteiger partial charge is 0.350 e. The van der Waals surface area contributed by atoms with E-state index in [0.29, 0.717) is 5.65 Å². The molecule has 1 amide bonds. The summed E-state index contributed by atoms with van der Waals surface area (Å²) >= 11 is 0. The van der Waals surface area contributed by atoms with Gasteiger partial charge in [0.1, 0.15) is 6.54 Å². The molecule has 0 radical (unpaired) electrons. The minimum atomic E-state index is -0.364. The highest BCUT2D eigenvalue weighted by atomic mass is 16.3. The summed E-state index contributed by atoms with van der Waals surface area (Å²) in [4.78, 5) is 23.4. The number of carbonyl (C=O) groups excluding carboxylic acids is 1. The Morgan fingerprint density at radius 3 is 3.00 bits per heavy atom. The van der Waals surface area contributed by atoms with E-state index in [9.17, 15) is 9.59 Å². The fourth-order valence-electron chi connectivity index (χ4n) is 1.57. The zero-order valence-corrected chi connectivity index (χ0v) is 9.91. The molecule has 2 aromatic heterocycles. The molecule has 96 valence electrons. The van der Waals surface area contributed by atoms with Gasteiger partial charge >= 0.3 is 5.69 Å². The van der Waals surface area contributed by atoms with Gasteiger partial charge in [-0.15, -0.1) is 5.10 Å². The van der Waals surface area contributed by atoms with Gasteiger partial charge in [0, 0.05) is 12.2 Å². The molecular weight excluding hydrogens is 236 g/mol. The Labute approximate surface area is 103 Å². The molecule has 0 fully saturated rings. The first kappa shape index (κ1) is 12.3. The molecule has 0 bridgehead atoms. The maximum absolute atomic E-state index is 11.9. The summed E-state index contributed by atoms with van der Waals surface area (Å²) in [5.74, 6) is -0.359. The number of carbonyl (C=O) groups is 1. The van der Waals surface area contributed by atoms with Crippen LogP contribution in [0.4, 0.5) is 0 Å². The first-order valence-electron chi connectivity index (χ1n) is 5.56. The van der Waals surface area contributed by atoms with E-state index in [1.54, 1.807) is 31.3 Å². The van der Waals surface area contributed by atoms with E-state index in [4.69, 9.17) is 5.11 Å². The van der Waals surface area contributed by atoms with Crippen molar-refractivity contribution >= 4 is 11.6 Å². The maximum Gasteiger partial charge on any atom is 0.350 e. The van der Waals surface area contributed by atoms with Crippen LogP contribution in [0.2, 0.25) is 0 Å². The Hall–Kier alpha value is -2.15. The molecule has 1 unspecified atom stereocenters. The molecule has 0 saturated heterocycles. The molecule has 7 nitrogen and oxygen atoms in total. The number of hydrogen-bond donors (Lipinski definition) is 2. The quantitative estimate of drug-likeness (QED) is 0.728. The van der Waals surface area contributed by atoms with Gasteiger partial charge in [-0.1, -0.05) is 6.07 Å². The number of aliphatic hydroxyl groups excluding tert-OH is 1. The van der Waals surface area contributed by atoms with E-state index in [1.807, 2.05) is 0 Å². The highest BCUT2D eigenvalue weighted by Crippen LogP contribution is 1.94. The Balaban J connectivity index is 2.20. The van der Waals surface area contributed by atoms with Crippen molar-refractivity contribution < 1.29 is 9.90 Å². The summed E-state index contributed by atoms with van der Waals surface area (Å²) in [7, 11) is 0. The molecule has 2 heterocycles. The van der Waals surface area contributed by atoms with Gasteiger partial charge in [0.2, 0.25) is 5.91 Å². The first-order valence-corrected chi connectivity index (χ1v) is 5.56. The summed E-state index contributed by atoms with van der Waals surface area (Å²) in [6.45, 7) is 1.36. The van der Waals surface area contributed by atoms with Crippen molar-refractivity contribution in [2.75, 3.05) is 6.61 Å². The summed E-state index contributed by atoms with van der Waals surface area (Å²) in [6, 6.07) is 4.82. The Bertz CT molecular complexity index is 616. The Kier molecular flexibility index (Phi) is 3.42. The number of rotatable bonds is 4. The van der Waals surface area contributed by atoms with Crippen molar-refractivity contribution in [1.82, 2.24) is 19.5 Å². The SMILES string of the molecule is CC(CO)NC(=O)Cn1nc2ccccn2c1=O. The maximum atomic E-state index is 11.9. The second-order valence-corrected chi connectivity index (χ2v) is 4.02. The normalized spacial score (nSPS) is 12.6. The first-order chi connectivity index (χ1) is 8.61. The minimum Gasteiger partial charge on any atom is -0.394 e. The van der Waals surface area contributed by atoms with Crippen LogP contribution in [0, 0.1) is 0 Å². The Morgan fingerprint density at radius 1 is 1.56 bits per heavy atom. The molecule has 7 heteroatoms. The van der Waals surface area contributed by atoms with Gasteiger partial charge in [0.25, 0.3) is 0 Å². The van der Waals surface area contributed by atoms with E-state index < -0.39 is 0 Å². The number of amides is 1. The molecule has 0 saturated carbocycles. The van der Waals surface area contributed by atoms with Crippen LogP contribution in [0.5, 0.6) is 0 Å². The third-order valence-corrected chi connectivity index (χ3v) is 2.46. The largest absolute Gasteiger partial charge is 0.394 e. The van der Waals surface area contributed by atoms with Gasteiger partial charge in [-0.3, -0.25) is 9.20 Å². The molecule has 0 spiro atoms. The van der Waals surface area contributed by atoms with Crippen LogP contribution >= 0.6 is 0 Å². The monoisotopic (exact) mass is 250 g/mol. The zero-order chi connectivity index (χ0) is 13.1. The van der Waals surface area contributed by atoms with Gasteiger partial charge in [-0.25, -0.2) is 9.48 Å². The number of fused-ring (bicyclic) bond motifs is 1. The highest BCUT2D eigenvalue weighted by molar-refractivity contribution is 5.75. The molecule has 0 aliphatic rings. The van der Waals surface area contributed by atoms with Crippen molar-refractivity contribution in [3.8, 4) is 0 Å². The number of nitrogens with zero attached hydrogens (tertiary/aromatic N) is 3. The summed E-state index contributed by atoms with van der Waals surface area (Å²) in [5.41, 5.74) is 0.128. The van der Waals surface area contributed by atoms with Crippen molar-refractivity contribution in [3.05, 3.63) is 34.9 Å². The van der Waals surface area contributed by atoms with Gasteiger partial charge in [-0.2, -0.15) is 0 Å². The molecule has 2 N–H and O–H groups in total. The number of aromatic nitrogens is 3. The number of aliphatic hydroxyl groups is 1. The second kappa shape index (κ2) is 5.01. The van der Waals surface area contributed by atoms with Crippen molar-refractivity contribution in [2.24, 2.45) is 0 Å². The van der Waals surface area contributed by atoms with Crippen molar-refractivity contribution in [1.29, 1.82) is 0 Å². The molecule has 18 heavy (non-hydrogen) atoms. The predicted molar refractivity (Wildman–Crippen MR) is 64.1 cm³/mol. The van der Waals surface area contributed by atoms with Crippen LogP contribution in [0.1, 0.15) is 6.92 Å². The second-order valence-electron chi connectivity index (χ2n) is 4.02. The fourth-order valence-corrected chi connectivity index (χ4v) is 1.57. The van der Waals surface area contributed by atoms with Gasteiger partial charge in [0.05, 0.1) is 6.61 Å². The third kappa shape index (κ3) is 2.40. The van der Waals surface area contributed by atoms with Crippen LogP contribution < -0.4 is 11.0 Å². The molecule has 0 aromatic carbocycles. The van der Waals surface area contributed by atoms with Crippen LogP contribution in [0.25, 0.3) is 5.65 Å². The van der Waals surface area contributed by atoms with Gasteiger partial charge in [0.15, 0.2) is 5.65 Å². The fraction of sp³-hybridized carbons (Fsp3) is 0.364. The van der Waals surface area contributed by atoms with E-state index >= 15 is 0 Å². The minimum absolute atomic E-state index is 0.147. The predicted octanol–water partition coefficient (Wildman–Crippen LogP) is -1.01. The topological polar surface area (TPSA) is 88.6 Å². The number of pyridine rings is 1. The van der Waals surface area contributed by atoms with Crippen molar-refractivity contribution in [3.63, 3.8) is 0 Å². The molecular formula is C11H14N4O3. The molecule has 2 rings (SSSR count). The van der Waals surface area contributed by atoms with E-state index in [-0.39, 0.29) is 30.8 Å². The molecule has 1 atom stereocenters. The van der Waals surface area contributed by atoms with Crippen molar-refractivity contribution in [2.45, 2.75) is 19.5 Å². The summed E-state index contributed by atoms with van der Waals surface area (Å²) in [6.07, 6.45) is 1.59. The summed E-state index contributed by atoms with van der Waals surface area (Å²) in [5, 5.41) is 15.4. The third-order valence-electron chi connectivity index (χ3n) is 2.46. The van der Waals surface area contributed by atoms with E-state index in [1.165, 1.54) is 4.40 Å². The molecule has 0 aliphatic heterocycles. The highest BCUT2D eigenvalue weighted by Gasteiger charge is 2.11. The van der Waals surface area contributed by atoms with Crippen LogP contribution in [-0.2, 0) is 11.3 Å². The molecule has 0 aliphatic carbocycles. The van der Waals surface area contributed by atoms with E-state index in [2.05, 4.69) is 10.4 Å². The van der Waals surface area contributed by atoms with Gasteiger partial charge in [-0.05, 0) is 19.1 Å². The van der Waals surface area contributed by atoms with Gasteiger partial charge < -0.3 is 10.4 Å². The lowest BCUT2D eigenvalue weighted by Crippen LogP contribution is -2.39. The summed E-state index contributed by atoms with van der Waals surface area (Å²) < 4.78 is 2.46. The van der Waals surface area contributed by atoms with E-state index in [0.717, 1.165) is 4.68 Å². The lowest BCUT2D eigenvalue weighted by Gasteiger charge is -2.09.